The third-order valence-electron chi connectivity index (χ3n) is 4.69. The Balaban J connectivity index is 1.78. The fourth-order valence-corrected chi connectivity index (χ4v) is 3.64. The molecule has 1 heterocycles. The van der Waals surface area contributed by atoms with Crippen LogP contribution in [0, 0.1) is 5.92 Å². The highest BCUT2D eigenvalue weighted by atomic mass is 15.2. The molecule has 0 bridgehead atoms. The second-order valence-electron chi connectivity index (χ2n) is 6.04. The van der Waals surface area contributed by atoms with Crippen LogP contribution in [0.25, 0.3) is 0 Å². The average molecular weight is 238 g/mol. The Morgan fingerprint density at radius 2 is 1.76 bits per heavy atom. The molecular formula is C15H30N2. The van der Waals surface area contributed by atoms with Crippen molar-refractivity contribution in [2.45, 2.75) is 63.8 Å². The number of hydrogen-bond donors (Lipinski definition) is 1. The maximum Gasteiger partial charge on any atom is 0.0107 e. The molecule has 2 rings (SSSR count). The molecule has 0 aromatic heterocycles. The second-order valence-corrected chi connectivity index (χ2v) is 6.04. The van der Waals surface area contributed by atoms with Crippen molar-refractivity contribution in [1.29, 1.82) is 0 Å². The maximum absolute atomic E-state index is 3.31. The van der Waals surface area contributed by atoms with Crippen LogP contribution in [0.5, 0.6) is 0 Å². The Morgan fingerprint density at radius 3 is 2.53 bits per heavy atom. The van der Waals surface area contributed by atoms with Crippen molar-refractivity contribution < 1.29 is 0 Å². The number of likely N-dealkylation sites (tertiary alicyclic amines) is 1. The van der Waals surface area contributed by atoms with Crippen LogP contribution >= 0.6 is 0 Å². The molecule has 0 amide bonds. The predicted octanol–water partition coefficient (Wildman–Crippen LogP) is 3.03. The lowest BCUT2D eigenvalue weighted by molar-refractivity contribution is 0.107. The van der Waals surface area contributed by atoms with E-state index in [2.05, 4.69) is 17.3 Å². The van der Waals surface area contributed by atoms with Gasteiger partial charge in [-0.2, -0.15) is 0 Å². The van der Waals surface area contributed by atoms with E-state index in [1.807, 2.05) is 0 Å². The zero-order chi connectivity index (χ0) is 11.9. The van der Waals surface area contributed by atoms with Crippen molar-refractivity contribution in [1.82, 2.24) is 10.2 Å². The van der Waals surface area contributed by atoms with Crippen molar-refractivity contribution in [2.75, 3.05) is 26.7 Å². The van der Waals surface area contributed by atoms with Crippen LogP contribution in [0.1, 0.15) is 57.8 Å². The monoisotopic (exact) mass is 238 g/mol. The molecule has 0 aromatic rings. The van der Waals surface area contributed by atoms with Gasteiger partial charge >= 0.3 is 0 Å². The van der Waals surface area contributed by atoms with Crippen LogP contribution in [-0.2, 0) is 0 Å². The first-order valence-electron chi connectivity index (χ1n) is 7.79. The minimum absolute atomic E-state index is 0.873. The lowest BCUT2D eigenvalue weighted by atomic mass is 9.87. The molecule has 1 unspecified atom stereocenters. The summed E-state index contributed by atoms with van der Waals surface area (Å²) in [5.41, 5.74) is 0. The Hall–Kier alpha value is -0.0800. The third-order valence-corrected chi connectivity index (χ3v) is 4.69. The van der Waals surface area contributed by atoms with Crippen LogP contribution in [0.4, 0.5) is 0 Å². The van der Waals surface area contributed by atoms with Crippen LogP contribution in [0.15, 0.2) is 0 Å². The molecule has 17 heavy (non-hydrogen) atoms. The van der Waals surface area contributed by atoms with E-state index >= 15 is 0 Å². The first-order valence-corrected chi connectivity index (χ1v) is 7.79. The highest BCUT2D eigenvalue weighted by Gasteiger charge is 2.25. The van der Waals surface area contributed by atoms with Crippen molar-refractivity contribution in [3.8, 4) is 0 Å². The van der Waals surface area contributed by atoms with Gasteiger partial charge in [-0.15, -0.1) is 0 Å². The van der Waals surface area contributed by atoms with Gasteiger partial charge in [-0.25, -0.2) is 0 Å². The second kappa shape index (κ2) is 7.38. The summed E-state index contributed by atoms with van der Waals surface area (Å²) in [6, 6.07) is 0.873. The smallest absolute Gasteiger partial charge is 0.0107 e. The van der Waals surface area contributed by atoms with Crippen molar-refractivity contribution in [3.05, 3.63) is 0 Å². The molecule has 0 spiro atoms. The van der Waals surface area contributed by atoms with Gasteiger partial charge < -0.3 is 10.2 Å². The molecule has 2 nitrogen and oxygen atoms in total. The standard InChI is InChI=1S/C15H30N2/c1-16-11-10-15-9-5-6-12-17(15)13-14-7-3-2-4-8-14/h14-16H,2-13H2,1H3. The van der Waals surface area contributed by atoms with E-state index in [1.54, 1.807) is 0 Å². The summed E-state index contributed by atoms with van der Waals surface area (Å²) >= 11 is 0. The Kier molecular flexibility index (Phi) is 5.79. The van der Waals surface area contributed by atoms with Crippen LogP contribution in [-0.4, -0.2) is 37.6 Å². The maximum atomic E-state index is 3.31. The summed E-state index contributed by atoms with van der Waals surface area (Å²) in [6.45, 7) is 3.95. The SMILES string of the molecule is CNCCC1CCCCN1CC1CCCCC1. The minimum atomic E-state index is 0.873. The Labute approximate surface area is 107 Å². The van der Waals surface area contributed by atoms with Crippen LogP contribution < -0.4 is 5.32 Å². The number of nitrogens with zero attached hydrogens (tertiary/aromatic N) is 1. The number of nitrogens with one attached hydrogen (secondary N) is 1. The van der Waals surface area contributed by atoms with Crippen LogP contribution in [0.3, 0.4) is 0 Å². The van der Waals surface area contributed by atoms with Gasteiger partial charge in [0.05, 0.1) is 0 Å². The molecule has 0 radical (unpaired) electrons. The summed E-state index contributed by atoms with van der Waals surface area (Å²) in [5.74, 6) is 1.01. The molecule has 2 aliphatic rings. The van der Waals surface area contributed by atoms with Gasteiger partial charge in [-0.3, -0.25) is 0 Å². The first kappa shape index (κ1) is 13.4. The largest absolute Gasteiger partial charge is 0.320 e. The van der Waals surface area contributed by atoms with Gasteiger partial charge in [0.1, 0.15) is 0 Å². The molecule has 1 N–H and O–H groups in total. The summed E-state index contributed by atoms with van der Waals surface area (Å²) in [6.07, 6.45) is 13.1. The quantitative estimate of drug-likeness (QED) is 0.792. The summed E-state index contributed by atoms with van der Waals surface area (Å²) < 4.78 is 0. The van der Waals surface area contributed by atoms with E-state index in [-0.39, 0.29) is 0 Å². The number of piperidine rings is 1. The zero-order valence-corrected chi connectivity index (χ0v) is 11.6. The predicted molar refractivity (Wildman–Crippen MR) is 74.3 cm³/mol. The fourth-order valence-electron chi connectivity index (χ4n) is 3.64. The topological polar surface area (TPSA) is 15.3 Å². The molecule has 100 valence electrons. The van der Waals surface area contributed by atoms with Gasteiger partial charge in [0.2, 0.25) is 0 Å². The molecular weight excluding hydrogens is 208 g/mol. The molecule has 0 aromatic carbocycles. The molecule has 1 aliphatic carbocycles. The van der Waals surface area contributed by atoms with Gasteiger partial charge in [0, 0.05) is 12.6 Å². The lowest BCUT2D eigenvalue weighted by Crippen LogP contribution is -2.43. The van der Waals surface area contributed by atoms with Crippen LogP contribution in [0.2, 0.25) is 0 Å². The zero-order valence-electron chi connectivity index (χ0n) is 11.6. The average Bonchev–Trinajstić information content (AvgIpc) is 2.39. The highest BCUT2D eigenvalue weighted by molar-refractivity contribution is 4.80. The summed E-state index contributed by atoms with van der Waals surface area (Å²) in [7, 11) is 2.08. The molecule has 1 aliphatic heterocycles. The van der Waals surface area contributed by atoms with Crippen molar-refractivity contribution in [3.63, 3.8) is 0 Å². The van der Waals surface area contributed by atoms with Gasteiger partial charge in [0.25, 0.3) is 0 Å². The molecule has 1 saturated heterocycles. The summed E-state index contributed by atoms with van der Waals surface area (Å²) in [4.78, 5) is 2.82. The molecule has 1 atom stereocenters. The van der Waals surface area contributed by atoms with E-state index in [1.165, 1.54) is 77.4 Å². The number of hydrogen-bond acceptors (Lipinski definition) is 2. The van der Waals surface area contributed by atoms with E-state index in [9.17, 15) is 0 Å². The normalized spacial score (nSPS) is 28.4. The summed E-state index contributed by atoms with van der Waals surface area (Å²) in [5, 5.41) is 3.31. The van der Waals surface area contributed by atoms with E-state index < -0.39 is 0 Å². The van der Waals surface area contributed by atoms with Gasteiger partial charge in [-0.1, -0.05) is 25.7 Å². The molecule has 1 saturated carbocycles. The highest BCUT2D eigenvalue weighted by Crippen LogP contribution is 2.27. The van der Waals surface area contributed by atoms with Gasteiger partial charge in [-0.05, 0) is 58.2 Å². The fraction of sp³-hybridized carbons (Fsp3) is 1.00. The minimum Gasteiger partial charge on any atom is -0.320 e. The first-order chi connectivity index (χ1) is 8.40. The van der Waals surface area contributed by atoms with E-state index in [4.69, 9.17) is 0 Å². The van der Waals surface area contributed by atoms with E-state index in [0.29, 0.717) is 0 Å². The van der Waals surface area contributed by atoms with Crippen molar-refractivity contribution in [2.24, 2.45) is 5.92 Å². The van der Waals surface area contributed by atoms with Gasteiger partial charge in [0.15, 0.2) is 0 Å². The Bertz CT molecular complexity index is 199. The lowest BCUT2D eigenvalue weighted by Gasteiger charge is -2.39. The molecule has 2 heteroatoms. The Morgan fingerprint density at radius 1 is 1.00 bits per heavy atom. The van der Waals surface area contributed by atoms with E-state index in [0.717, 1.165) is 12.0 Å². The third kappa shape index (κ3) is 4.26. The molecule has 2 fully saturated rings. The van der Waals surface area contributed by atoms with Crippen molar-refractivity contribution >= 4 is 0 Å². The number of rotatable bonds is 5.